The molecule has 0 aliphatic heterocycles. The Bertz CT molecular complexity index is 1410. The molecule has 0 amide bonds. The van der Waals surface area contributed by atoms with Gasteiger partial charge in [0.05, 0.1) is 18.2 Å². The van der Waals surface area contributed by atoms with Gasteiger partial charge < -0.3 is 24.2 Å². The number of para-hydroxylation sites is 1. The smallest absolute Gasteiger partial charge is 0.462 e. The number of pyridine rings is 1. The van der Waals surface area contributed by atoms with E-state index in [0.29, 0.717) is 23.2 Å². The number of hydrogen-bond acceptors (Lipinski definition) is 9. The molecule has 45 heavy (non-hydrogen) atoms. The van der Waals surface area contributed by atoms with Crippen molar-refractivity contribution in [3.8, 4) is 11.5 Å². The van der Waals surface area contributed by atoms with Crippen molar-refractivity contribution in [1.29, 1.82) is 0 Å². The Hall–Kier alpha value is -3.38. The Kier molecular flexibility index (Phi) is 13.5. The summed E-state index contributed by atoms with van der Waals surface area (Å²) in [6.07, 6.45) is -1.92. The molecule has 3 atom stereocenters. The molecule has 3 rings (SSSR count). The van der Waals surface area contributed by atoms with Crippen molar-refractivity contribution in [2.45, 2.75) is 72.0 Å². The average Bonchev–Trinajstić information content (AvgIpc) is 2.95. The number of nitrogens with one attached hydrogen (secondary N) is 2. The summed E-state index contributed by atoms with van der Waals surface area (Å²) in [6, 6.07) is 13.6. The first-order chi connectivity index (χ1) is 21.3. The Morgan fingerprint density at radius 2 is 1.76 bits per heavy atom. The number of aromatic nitrogens is 1. The van der Waals surface area contributed by atoms with Gasteiger partial charge in [-0.15, -0.1) is 13.2 Å². The van der Waals surface area contributed by atoms with Crippen LogP contribution >= 0.6 is 7.75 Å². The second kappa shape index (κ2) is 16.8. The van der Waals surface area contributed by atoms with E-state index < -0.39 is 26.1 Å². The largest absolute Gasteiger partial charge is 0.573 e. The van der Waals surface area contributed by atoms with Crippen molar-refractivity contribution in [2.75, 3.05) is 31.6 Å². The van der Waals surface area contributed by atoms with E-state index >= 15 is 0 Å². The predicted molar refractivity (Wildman–Crippen MR) is 167 cm³/mol. The zero-order valence-corrected chi connectivity index (χ0v) is 27.1. The van der Waals surface area contributed by atoms with Crippen LogP contribution in [0.15, 0.2) is 60.8 Å². The molecule has 2 N–H and O–H groups in total. The van der Waals surface area contributed by atoms with E-state index in [1.807, 2.05) is 13.8 Å². The third-order valence-corrected chi connectivity index (χ3v) is 8.28. The van der Waals surface area contributed by atoms with Crippen LogP contribution in [0.5, 0.6) is 11.5 Å². The summed E-state index contributed by atoms with van der Waals surface area (Å²) in [4.78, 5) is 18.7. The van der Waals surface area contributed by atoms with Crippen LogP contribution in [0.2, 0.25) is 0 Å². The highest BCUT2D eigenvalue weighted by Gasteiger charge is 2.33. The number of ether oxygens (including phenoxy) is 2. The van der Waals surface area contributed by atoms with E-state index in [1.165, 1.54) is 25.3 Å². The van der Waals surface area contributed by atoms with Crippen molar-refractivity contribution < 1.29 is 41.1 Å². The van der Waals surface area contributed by atoms with E-state index in [0.717, 1.165) is 31.6 Å². The maximum absolute atomic E-state index is 13.7. The van der Waals surface area contributed by atoms with Gasteiger partial charge in [-0.05, 0) is 84.0 Å². The van der Waals surface area contributed by atoms with Crippen molar-refractivity contribution in [3.05, 3.63) is 60.8 Å². The summed E-state index contributed by atoms with van der Waals surface area (Å²) in [5, 5.41) is 6.81. The molecule has 0 bridgehead atoms. The van der Waals surface area contributed by atoms with E-state index in [4.69, 9.17) is 13.8 Å². The molecule has 10 nitrogen and oxygen atoms in total. The highest BCUT2D eigenvalue weighted by Crippen LogP contribution is 2.44. The molecule has 0 unspecified atom stereocenters. The molecule has 1 heterocycles. The van der Waals surface area contributed by atoms with Crippen molar-refractivity contribution in [2.24, 2.45) is 0 Å². The lowest BCUT2D eigenvalue weighted by atomic mass is 10.1. The molecule has 0 spiro atoms. The van der Waals surface area contributed by atoms with E-state index in [9.17, 15) is 22.5 Å². The molecule has 0 saturated heterocycles. The normalized spacial score (nSPS) is 14.6. The number of nitrogens with zero attached hydrogens (tertiary/aromatic N) is 2. The van der Waals surface area contributed by atoms with Crippen molar-refractivity contribution in [1.82, 2.24) is 15.0 Å². The number of carbonyl (C=O) groups excluding carboxylic acids is 1. The fraction of sp³-hybridized carbons (Fsp3) is 0.484. The van der Waals surface area contributed by atoms with Crippen LogP contribution in [0.25, 0.3) is 10.9 Å². The van der Waals surface area contributed by atoms with Crippen LogP contribution in [0.4, 0.5) is 18.9 Å². The number of anilines is 1. The number of likely N-dealkylation sites (N-methyl/N-ethyl adjacent to an activating group) is 1. The Balaban J connectivity index is 1.52. The number of benzene rings is 2. The predicted octanol–water partition coefficient (Wildman–Crippen LogP) is 7.17. The summed E-state index contributed by atoms with van der Waals surface area (Å²) in [5.41, 5.74) is 1.15. The van der Waals surface area contributed by atoms with Gasteiger partial charge in [0.1, 0.15) is 17.5 Å². The van der Waals surface area contributed by atoms with Gasteiger partial charge >= 0.3 is 20.1 Å². The molecule has 248 valence electrons. The zero-order valence-electron chi connectivity index (χ0n) is 26.2. The van der Waals surface area contributed by atoms with Crippen LogP contribution in [0.1, 0.15) is 47.5 Å². The first kappa shape index (κ1) is 36.1. The van der Waals surface area contributed by atoms with Gasteiger partial charge in [0.25, 0.3) is 0 Å². The van der Waals surface area contributed by atoms with Gasteiger partial charge in [0.15, 0.2) is 0 Å². The SMILES string of the molecule is CCN(CCC[C@@H](C)Nc1ccnc2cc(OC(F)(F)F)ccc12)CCO[P@@](=O)(N[C@@H](C)C(=O)OC(C)C)Oc1ccccc1. The van der Waals surface area contributed by atoms with E-state index in [2.05, 4.69) is 25.0 Å². The molecular formula is C31H42F3N4O6P. The quantitative estimate of drug-likeness (QED) is 0.108. The van der Waals surface area contributed by atoms with Crippen LogP contribution in [0.3, 0.4) is 0 Å². The highest BCUT2D eigenvalue weighted by molar-refractivity contribution is 7.52. The van der Waals surface area contributed by atoms with Gasteiger partial charge in [-0.3, -0.25) is 14.3 Å². The average molecular weight is 655 g/mol. The number of esters is 1. The lowest BCUT2D eigenvalue weighted by molar-refractivity contribution is -0.274. The Morgan fingerprint density at radius 3 is 2.42 bits per heavy atom. The van der Waals surface area contributed by atoms with E-state index in [-0.39, 0.29) is 24.5 Å². The van der Waals surface area contributed by atoms with Crippen LogP contribution < -0.4 is 19.7 Å². The van der Waals surface area contributed by atoms with Gasteiger partial charge in [-0.25, -0.2) is 4.57 Å². The molecule has 0 aliphatic rings. The lowest BCUT2D eigenvalue weighted by Crippen LogP contribution is -2.37. The number of carbonyl (C=O) groups is 1. The third kappa shape index (κ3) is 12.5. The van der Waals surface area contributed by atoms with Crippen LogP contribution in [-0.4, -0.2) is 66.6 Å². The molecule has 0 aliphatic carbocycles. The summed E-state index contributed by atoms with van der Waals surface area (Å²) < 4.78 is 72.1. The van der Waals surface area contributed by atoms with Gasteiger partial charge in [-0.1, -0.05) is 25.1 Å². The van der Waals surface area contributed by atoms with Crippen LogP contribution in [-0.2, 0) is 18.6 Å². The fourth-order valence-electron chi connectivity index (χ4n) is 4.46. The number of fused-ring (bicyclic) bond motifs is 1. The zero-order chi connectivity index (χ0) is 33.0. The minimum Gasteiger partial charge on any atom is -0.462 e. The van der Waals surface area contributed by atoms with Gasteiger partial charge in [0, 0.05) is 35.9 Å². The topological polar surface area (TPSA) is 111 Å². The second-order valence-electron chi connectivity index (χ2n) is 10.8. The number of alkyl halides is 3. The monoisotopic (exact) mass is 654 g/mol. The third-order valence-electron chi connectivity index (χ3n) is 6.60. The van der Waals surface area contributed by atoms with Gasteiger partial charge in [-0.2, -0.15) is 5.09 Å². The number of hydrogen-bond donors (Lipinski definition) is 2. The molecule has 2 aromatic carbocycles. The number of rotatable bonds is 18. The first-order valence-electron chi connectivity index (χ1n) is 14.9. The summed E-state index contributed by atoms with van der Waals surface area (Å²) in [6.45, 7) is 11.1. The molecule has 0 saturated carbocycles. The van der Waals surface area contributed by atoms with Crippen molar-refractivity contribution >= 4 is 30.3 Å². The maximum atomic E-state index is 13.7. The minimum atomic E-state index is -4.77. The van der Waals surface area contributed by atoms with E-state index in [1.54, 1.807) is 56.3 Å². The lowest BCUT2D eigenvalue weighted by Gasteiger charge is -2.25. The van der Waals surface area contributed by atoms with Crippen LogP contribution in [0, 0.1) is 0 Å². The Labute approximate surface area is 262 Å². The maximum Gasteiger partial charge on any atom is 0.573 e. The van der Waals surface area contributed by atoms with Crippen molar-refractivity contribution in [3.63, 3.8) is 0 Å². The minimum absolute atomic E-state index is 0.0624. The Morgan fingerprint density at radius 1 is 1.02 bits per heavy atom. The fourth-order valence-corrected chi connectivity index (χ4v) is 5.94. The first-order valence-corrected chi connectivity index (χ1v) is 16.4. The molecule has 0 radical (unpaired) electrons. The molecule has 14 heteroatoms. The second-order valence-corrected chi connectivity index (χ2v) is 12.5. The van der Waals surface area contributed by atoms with Gasteiger partial charge in [0.2, 0.25) is 0 Å². The summed E-state index contributed by atoms with van der Waals surface area (Å²) in [5.74, 6) is -0.551. The standard InChI is InChI=1S/C31H42F3N4O6P/c1-6-38(19-20-41-45(40,44-25-12-8-7-9-13-25)37-24(5)30(39)42-22(2)3)18-10-11-23(4)36-28-16-17-35-29-21-26(14-15-27(28)29)43-31(32,33)34/h7-9,12-17,21-24H,6,10-11,18-20H2,1-5H3,(H,35,36)(H,37,40)/t23-,24+,45+/m1/s1. The summed E-state index contributed by atoms with van der Waals surface area (Å²) >= 11 is 0. The molecular weight excluding hydrogens is 612 g/mol. The summed E-state index contributed by atoms with van der Waals surface area (Å²) in [7, 11) is -3.93. The molecule has 0 fully saturated rings. The molecule has 3 aromatic rings. The number of halogens is 3. The molecule has 1 aromatic heterocycles. The highest BCUT2D eigenvalue weighted by atomic mass is 31.2.